The van der Waals surface area contributed by atoms with Crippen molar-refractivity contribution in [3.8, 4) is 11.5 Å². The standard InChI is InChI=1S/C17H15Cl2N3O2/c1-23-14-7-11-13(8-15(14)24-2)21-17(19)22-16(11)20-9-10-5-3-4-6-12(10)18/h3-8H,9H2,1-2H3,(H,20,21,22). The van der Waals surface area contributed by atoms with Gasteiger partial charge in [-0.2, -0.15) is 0 Å². The number of aromatic nitrogens is 2. The highest BCUT2D eigenvalue weighted by Gasteiger charge is 2.13. The lowest BCUT2D eigenvalue weighted by Gasteiger charge is -2.13. The summed E-state index contributed by atoms with van der Waals surface area (Å²) < 4.78 is 10.7. The molecule has 1 heterocycles. The first-order valence-electron chi connectivity index (χ1n) is 7.19. The third kappa shape index (κ3) is 3.32. The zero-order valence-corrected chi connectivity index (χ0v) is 14.6. The van der Waals surface area contributed by atoms with Crippen LogP contribution < -0.4 is 14.8 Å². The van der Waals surface area contributed by atoms with Crippen molar-refractivity contribution < 1.29 is 9.47 Å². The third-order valence-electron chi connectivity index (χ3n) is 3.58. The van der Waals surface area contributed by atoms with Gasteiger partial charge in [0.1, 0.15) is 5.82 Å². The molecule has 0 aliphatic rings. The summed E-state index contributed by atoms with van der Waals surface area (Å²) in [6, 6.07) is 11.2. The summed E-state index contributed by atoms with van der Waals surface area (Å²) in [6.45, 7) is 0.510. The molecule has 0 spiro atoms. The van der Waals surface area contributed by atoms with Gasteiger partial charge in [0.05, 0.1) is 19.7 Å². The van der Waals surface area contributed by atoms with E-state index in [0.717, 1.165) is 10.9 Å². The first-order valence-corrected chi connectivity index (χ1v) is 7.94. The van der Waals surface area contributed by atoms with Crippen LogP contribution in [-0.4, -0.2) is 24.2 Å². The Morgan fingerprint density at radius 3 is 2.42 bits per heavy atom. The largest absolute Gasteiger partial charge is 0.493 e. The van der Waals surface area contributed by atoms with Crippen LogP contribution in [0.3, 0.4) is 0 Å². The molecule has 0 radical (unpaired) electrons. The maximum absolute atomic E-state index is 6.19. The van der Waals surface area contributed by atoms with E-state index in [0.29, 0.717) is 34.4 Å². The van der Waals surface area contributed by atoms with Crippen molar-refractivity contribution in [2.45, 2.75) is 6.54 Å². The third-order valence-corrected chi connectivity index (χ3v) is 4.12. The molecule has 3 aromatic rings. The minimum absolute atomic E-state index is 0.149. The van der Waals surface area contributed by atoms with Gasteiger partial charge in [-0.05, 0) is 29.3 Å². The average molecular weight is 364 g/mol. The highest BCUT2D eigenvalue weighted by atomic mass is 35.5. The van der Waals surface area contributed by atoms with Gasteiger partial charge in [0.25, 0.3) is 0 Å². The zero-order chi connectivity index (χ0) is 17.1. The summed E-state index contributed by atoms with van der Waals surface area (Å²) in [4.78, 5) is 8.53. The van der Waals surface area contributed by atoms with Crippen LogP contribution in [0.2, 0.25) is 10.3 Å². The van der Waals surface area contributed by atoms with Gasteiger partial charge in [-0.25, -0.2) is 9.97 Å². The Bertz CT molecular complexity index is 887. The van der Waals surface area contributed by atoms with Crippen LogP contribution in [0.5, 0.6) is 11.5 Å². The monoisotopic (exact) mass is 363 g/mol. The summed E-state index contributed by atoms with van der Waals surface area (Å²) in [6.07, 6.45) is 0. The van der Waals surface area contributed by atoms with E-state index in [1.165, 1.54) is 0 Å². The summed E-state index contributed by atoms with van der Waals surface area (Å²) in [5.74, 6) is 1.78. The summed E-state index contributed by atoms with van der Waals surface area (Å²) in [5.41, 5.74) is 1.62. The molecule has 124 valence electrons. The summed E-state index contributed by atoms with van der Waals surface area (Å²) >= 11 is 12.2. The van der Waals surface area contributed by atoms with Gasteiger partial charge in [0.15, 0.2) is 11.5 Å². The van der Waals surface area contributed by atoms with Crippen LogP contribution in [0.4, 0.5) is 5.82 Å². The molecule has 0 atom stereocenters. The van der Waals surface area contributed by atoms with E-state index >= 15 is 0 Å². The molecule has 0 unspecified atom stereocenters. The Hall–Kier alpha value is -2.24. The lowest BCUT2D eigenvalue weighted by atomic mass is 10.2. The van der Waals surface area contributed by atoms with Crippen molar-refractivity contribution in [1.82, 2.24) is 9.97 Å². The highest BCUT2D eigenvalue weighted by Crippen LogP contribution is 2.34. The van der Waals surface area contributed by atoms with Gasteiger partial charge in [0.2, 0.25) is 5.28 Å². The van der Waals surface area contributed by atoms with Crippen LogP contribution in [0.15, 0.2) is 36.4 Å². The topological polar surface area (TPSA) is 56.3 Å². The lowest BCUT2D eigenvalue weighted by molar-refractivity contribution is 0.356. The fraction of sp³-hybridized carbons (Fsp3) is 0.176. The van der Waals surface area contributed by atoms with Gasteiger partial charge in [-0.15, -0.1) is 0 Å². The van der Waals surface area contributed by atoms with Crippen molar-refractivity contribution >= 4 is 39.9 Å². The van der Waals surface area contributed by atoms with Crippen molar-refractivity contribution in [3.05, 3.63) is 52.3 Å². The van der Waals surface area contributed by atoms with E-state index in [-0.39, 0.29) is 5.28 Å². The average Bonchev–Trinajstić information content (AvgIpc) is 2.59. The van der Waals surface area contributed by atoms with Gasteiger partial charge in [-0.1, -0.05) is 29.8 Å². The molecule has 0 amide bonds. The Morgan fingerprint density at radius 2 is 1.71 bits per heavy atom. The van der Waals surface area contributed by atoms with Crippen LogP contribution in [0.1, 0.15) is 5.56 Å². The van der Waals surface area contributed by atoms with Crippen LogP contribution >= 0.6 is 23.2 Å². The van der Waals surface area contributed by atoms with Crippen LogP contribution in [0, 0.1) is 0 Å². The van der Waals surface area contributed by atoms with E-state index in [1.54, 1.807) is 20.3 Å². The Morgan fingerprint density at radius 1 is 1.00 bits per heavy atom. The predicted octanol–water partition coefficient (Wildman–Crippen LogP) is 4.57. The number of nitrogens with zero attached hydrogens (tertiary/aromatic N) is 2. The molecule has 0 saturated carbocycles. The molecule has 0 saturated heterocycles. The molecule has 0 fully saturated rings. The highest BCUT2D eigenvalue weighted by molar-refractivity contribution is 6.31. The first kappa shape index (κ1) is 16.6. The lowest BCUT2D eigenvalue weighted by Crippen LogP contribution is -2.04. The van der Waals surface area contributed by atoms with E-state index in [1.807, 2.05) is 30.3 Å². The van der Waals surface area contributed by atoms with Gasteiger partial charge >= 0.3 is 0 Å². The number of anilines is 1. The fourth-order valence-corrected chi connectivity index (χ4v) is 2.76. The SMILES string of the molecule is COc1cc2nc(Cl)nc(NCc3ccccc3Cl)c2cc1OC. The Labute approximate surface area is 149 Å². The first-order chi connectivity index (χ1) is 11.6. The number of nitrogens with one attached hydrogen (secondary N) is 1. The molecule has 2 aromatic carbocycles. The smallest absolute Gasteiger partial charge is 0.224 e. The van der Waals surface area contributed by atoms with Crippen LogP contribution in [0.25, 0.3) is 10.9 Å². The maximum Gasteiger partial charge on any atom is 0.224 e. The van der Waals surface area contributed by atoms with Crippen molar-refractivity contribution in [1.29, 1.82) is 0 Å². The molecule has 5 nitrogen and oxygen atoms in total. The van der Waals surface area contributed by atoms with Crippen molar-refractivity contribution in [2.75, 3.05) is 19.5 Å². The van der Waals surface area contributed by atoms with E-state index in [4.69, 9.17) is 32.7 Å². The quantitative estimate of drug-likeness (QED) is 0.673. The second kappa shape index (κ2) is 7.11. The van der Waals surface area contributed by atoms with E-state index in [9.17, 15) is 0 Å². The molecule has 3 rings (SSSR count). The number of hydrogen-bond donors (Lipinski definition) is 1. The minimum Gasteiger partial charge on any atom is -0.493 e. The number of hydrogen-bond acceptors (Lipinski definition) is 5. The molecular weight excluding hydrogens is 349 g/mol. The fourth-order valence-electron chi connectivity index (χ4n) is 2.38. The zero-order valence-electron chi connectivity index (χ0n) is 13.1. The van der Waals surface area contributed by atoms with Crippen LogP contribution in [-0.2, 0) is 6.54 Å². The number of fused-ring (bicyclic) bond motifs is 1. The number of ether oxygens (including phenoxy) is 2. The van der Waals surface area contributed by atoms with E-state index in [2.05, 4.69) is 15.3 Å². The van der Waals surface area contributed by atoms with Crippen molar-refractivity contribution in [2.24, 2.45) is 0 Å². The molecule has 0 aliphatic heterocycles. The van der Waals surface area contributed by atoms with Gasteiger partial charge < -0.3 is 14.8 Å². The summed E-state index contributed by atoms with van der Waals surface area (Å²) in [5, 5.41) is 4.88. The number of rotatable bonds is 5. The number of halogens is 2. The molecule has 0 aliphatic carbocycles. The van der Waals surface area contributed by atoms with E-state index < -0.39 is 0 Å². The number of methoxy groups -OCH3 is 2. The molecule has 1 aromatic heterocycles. The minimum atomic E-state index is 0.149. The predicted molar refractivity (Wildman–Crippen MR) is 96.4 cm³/mol. The molecule has 1 N–H and O–H groups in total. The summed E-state index contributed by atoms with van der Waals surface area (Å²) in [7, 11) is 3.15. The Kier molecular flexibility index (Phi) is 4.92. The van der Waals surface area contributed by atoms with Gasteiger partial charge in [0, 0.05) is 23.0 Å². The van der Waals surface area contributed by atoms with Crippen molar-refractivity contribution in [3.63, 3.8) is 0 Å². The normalized spacial score (nSPS) is 10.7. The second-order valence-corrected chi connectivity index (χ2v) is 5.76. The molecule has 7 heteroatoms. The molecule has 24 heavy (non-hydrogen) atoms. The van der Waals surface area contributed by atoms with Gasteiger partial charge in [-0.3, -0.25) is 0 Å². The molecular formula is C17H15Cl2N3O2. The maximum atomic E-state index is 6.19. The molecule has 0 bridgehead atoms. The number of benzene rings is 2. The second-order valence-electron chi connectivity index (χ2n) is 5.01. The Balaban J connectivity index is 2.02.